The minimum Gasteiger partial charge on any atom is -0.457 e. The van der Waals surface area contributed by atoms with Crippen LogP contribution in [-0.4, -0.2) is 99.5 Å². The van der Waals surface area contributed by atoms with Gasteiger partial charge in [-0.1, -0.05) is 48.0 Å². The lowest BCUT2D eigenvalue weighted by Crippen LogP contribution is -2.20. The highest BCUT2D eigenvalue weighted by atomic mass is 32.2. The van der Waals surface area contributed by atoms with E-state index in [2.05, 4.69) is 0 Å². The number of carbonyl (C=O) groups is 2. The molecule has 39 heavy (non-hydrogen) atoms. The van der Waals surface area contributed by atoms with Gasteiger partial charge in [0.25, 0.3) is 15.9 Å². The van der Waals surface area contributed by atoms with Gasteiger partial charge in [0.15, 0.2) is 0 Å². The first kappa shape index (κ1) is 32.5. The fraction of sp³-hybridized carbons (Fsp3) is 0.481. The smallest absolute Gasteiger partial charge is 0.379 e. The van der Waals surface area contributed by atoms with Crippen molar-refractivity contribution in [3.8, 4) is 0 Å². The van der Waals surface area contributed by atoms with E-state index in [1.165, 1.54) is 12.1 Å². The molecule has 12 heteroatoms. The Hall–Kier alpha value is -2.71. The summed E-state index contributed by atoms with van der Waals surface area (Å²) in [6, 6.07) is 14.6. The molecule has 216 valence electrons. The minimum atomic E-state index is -3.78. The van der Waals surface area contributed by atoms with Gasteiger partial charge < -0.3 is 28.4 Å². The topological polar surface area (TPSA) is 133 Å². The van der Waals surface area contributed by atoms with Crippen molar-refractivity contribution >= 4 is 21.9 Å². The first-order chi connectivity index (χ1) is 18.9. The van der Waals surface area contributed by atoms with Crippen LogP contribution in [0.1, 0.15) is 15.9 Å². The van der Waals surface area contributed by atoms with Gasteiger partial charge in [-0.15, -0.1) is 0 Å². The highest BCUT2D eigenvalue weighted by Gasteiger charge is 2.17. The number of hydrogen-bond donors (Lipinski definition) is 0. The lowest BCUT2D eigenvalue weighted by atomic mass is 10.1. The van der Waals surface area contributed by atoms with Gasteiger partial charge in [-0.05, 0) is 19.1 Å². The summed E-state index contributed by atoms with van der Waals surface area (Å²) in [5.41, 5.74) is 1.25. The van der Waals surface area contributed by atoms with Crippen molar-refractivity contribution in [2.75, 3.05) is 79.3 Å². The standard InChI is InChI=1S/C27H36O11S/c1-23-7-9-25(10-8-23)39(30,31)38-22-20-36-18-16-34-14-12-32-11-13-33-15-17-35-19-21-37-27(29)26(28)24-5-3-2-4-6-24/h2-10H,11-22H2,1H3. The van der Waals surface area contributed by atoms with Gasteiger partial charge in [-0.3, -0.25) is 8.98 Å². The van der Waals surface area contributed by atoms with E-state index in [-0.39, 0.29) is 36.9 Å². The van der Waals surface area contributed by atoms with Gasteiger partial charge in [0.2, 0.25) is 0 Å². The third-order valence-corrected chi connectivity index (χ3v) is 6.27. The number of ketones is 1. The highest BCUT2D eigenvalue weighted by Crippen LogP contribution is 2.12. The molecule has 2 rings (SSSR count). The maximum Gasteiger partial charge on any atom is 0.379 e. The summed E-state index contributed by atoms with van der Waals surface area (Å²) in [6.45, 7) is 4.95. The molecule has 2 aromatic carbocycles. The molecular weight excluding hydrogens is 532 g/mol. The molecular formula is C27H36O11S. The summed E-state index contributed by atoms with van der Waals surface area (Å²) in [5.74, 6) is -1.60. The van der Waals surface area contributed by atoms with Crippen LogP contribution in [0.5, 0.6) is 0 Å². The fourth-order valence-corrected chi connectivity index (χ4v) is 3.82. The van der Waals surface area contributed by atoms with Crippen molar-refractivity contribution in [3.63, 3.8) is 0 Å². The van der Waals surface area contributed by atoms with Crippen molar-refractivity contribution in [1.82, 2.24) is 0 Å². The van der Waals surface area contributed by atoms with Crippen molar-refractivity contribution in [1.29, 1.82) is 0 Å². The predicted molar refractivity (Wildman–Crippen MR) is 140 cm³/mol. The van der Waals surface area contributed by atoms with Crippen LogP contribution < -0.4 is 0 Å². The number of hydrogen-bond acceptors (Lipinski definition) is 11. The third kappa shape index (κ3) is 14.3. The van der Waals surface area contributed by atoms with Gasteiger partial charge >= 0.3 is 5.97 Å². The number of rotatable bonds is 22. The van der Waals surface area contributed by atoms with Crippen LogP contribution in [0.4, 0.5) is 0 Å². The van der Waals surface area contributed by atoms with E-state index in [0.717, 1.165) is 5.56 Å². The summed E-state index contributed by atoms with van der Waals surface area (Å²) in [7, 11) is -3.78. The Morgan fingerprint density at radius 1 is 0.590 bits per heavy atom. The maximum atomic E-state index is 12.0. The number of benzene rings is 2. The van der Waals surface area contributed by atoms with E-state index < -0.39 is 21.9 Å². The van der Waals surface area contributed by atoms with Gasteiger partial charge in [-0.2, -0.15) is 8.42 Å². The van der Waals surface area contributed by atoms with E-state index in [9.17, 15) is 18.0 Å². The Labute approximate surface area is 229 Å². The minimum absolute atomic E-state index is 0.0186. The molecule has 0 bridgehead atoms. The average molecular weight is 569 g/mol. The molecule has 0 heterocycles. The van der Waals surface area contributed by atoms with E-state index >= 15 is 0 Å². The van der Waals surface area contributed by atoms with Crippen molar-refractivity contribution < 1.29 is 50.6 Å². The Morgan fingerprint density at radius 3 is 1.51 bits per heavy atom. The number of Topliss-reactive ketones (excluding diaryl/α,β-unsaturated/α-hetero) is 1. The number of esters is 1. The van der Waals surface area contributed by atoms with Crippen molar-refractivity contribution in [3.05, 3.63) is 65.7 Å². The summed E-state index contributed by atoms with van der Waals surface area (Å²) in [6.07, 6.45) is 0. The lowest BCUT2D eigenvalue weighted by Gasteiger charge is -2.09. The van der Waals surface area contributed by atoms with Crippen molar-refractivity contribution in [2.24, 2.45) is 0 Å². The molecule has 0 N–H and O–H groups in total. The third-order valence-electron chi connectivity index (χ3n) is 4.95. The van der Waals surface area contributed by atoms with Crippen LogP contribution in [0.15, 0.2) is 59.5 Å². The maximum absolute atomic E-state index is 12.0. The van der Waals surface area contributed by atoms with Gasteiger partial charge in [0, 0.05) is 5.56 Å². The second-order valence-corrected chi connectivity index (χ2v) is 9.60. The van der Waals surface area contributed by atoms with Crippen LogP contribution in [0.2, 0.25) is 0 Å². The number of aryl methyl sites for hydroxylation is 1. The Bertz CT molecular complexity index is 1060. The van der Waals surface area contributed by atoms with Crippen LogP contribution in [0, 0.1) is 6.92 Å². The zero-order valence-electron chi connectivity index (χ0n) is 22.1. The van der Waals surface area contributed by atoms with E-state index in [1.54, 1.807) is 42.5 Å². The molecule has 0 aliphatic rings. The average Bonchev–Trinajstić information content (AvgIpc) is 2.94. The molecule has 0 unspecified atom stereocenters. The molecule has 0 radical (unpaired) electrons. The monoisotopic (exact) mass is 568 g/mol. The van der Waals surface area contributed by atoms with Gasteiger partial charge in [0.05, 0.1) is 77.6 Å². The van der Waals surface area contributed by atoms with Crippen LogP contribution in [0.3, 0.4) is 0 Å². The molecule has 0 saturated heterocycles. The van der Waals surface area contributed by atoms with Crippen LogP contribution >= 0.6 is 0 Å². The molecule has 0 aliphatic heterocycles. The SMILES string of the molecule is Cc1ccc(S(=O)(=O)OCCOCCOCCOCCOCCOCCOC(=O)C(=O)c2ccccc2)cc1. The van der Waals surface area contributed by atoms with Gasteiger partial charge in [0.1, 0.15) is 6.61 Å². The van der Waals surface area contributed by atoms with E-state index in [4.69, 9.17) is 32.6 Å². The normalized spacial score (nSPS) is 11.4. The fourth-order valence-electron chi connectivity index (χ4n) is 2.92. The largest absolute Gasteiger partial charge is 0.457 e. The Kier molecular flexibility index (Phi) is 16.1. The molecule has 0 fully saturated rings. The Morgan fingerprint density at radius 2 is 1.03 bits per heavy atom. The quantitative estimate of drug-likeness (QED) is 0.0681. The van der Waals surface area contributed by atoms with Crippen molar-refractivity contribution in [2.45, 2.75) is 11.8 Å². The molecule has 0 aromatic heterocycles. The summed E-state index contributed by atoms with van der Waals surface area (Å²) >= 11 is 0. The molecule has 2 aromatic rings. The number of carbonyl (C=O) groups excluding carboxylic acids is 2. The first-order valence-electron chi connectivity index (χ1n) is 12.5. The van der Waals surface area contributed by atoms with Gasteiger partial charge in [-0.25, -0.2) is 4.79 Å². The molecule has 0 atom stereocenters. The summed E-state index contributed by atoms with van der Waals surface area (Å²) in [4.78, 5) is 23.7. The number of ether oxygens (including phenoxy) is 6. The zero-order chi connectivity index (χ0) is 28.2. The van der Waals surface area contributed by atoms with E-state index in [1.807, 2.05) is 6.92 Å². The second kappa shape index (κ2) is 19.4. The second-order valence-electron chi connectivity index (χ2n) is 7.98. The molecule has 0 spiro atoms. The molecule has 0 amide bonds. The molecule has 11 nitrogen and oxygen atoms in total. The van der Waals surface area contributed by atoms with Crippen LogP contribution in [-0.2, 0) is 47.5 Å². The van der Waals surface area contributed by atoms with Crippen LogP contribution in [0.25, 0.3) is 0 Å². The summed E-state index contributed by atoms with van der Waals surface area (Å²) in [5, 5.41) is 0. The Balaban J connectivity index is 1.30. The zero-order valence-corrected chi connectivity index (χ0v) is 22.9. The predicted octanol–water partition coefficient (Wildman–Crippen LogP) is 2.21. The summed E-state index contributed by atoms with van der Waals surface area (Å²) < 4.78 is 60.6. The lowest BCUT2D eigenvalue weighted by molar-refractivity contribution is -0.139. The molecule has 0 saturated carbocycles. The first-order valence-corrected chi connectivity index (χ1v) is 13.9. The van der Waals surface area contributed by atoms with E-state index in [0.29, 0.717) is 52.9 Å². The highest BCUT2D eigenvalue weighted by molar-refractivity contribution is 7.86. The molecule has 0 aliphatic carbocycles.